The molecule has 0 aliphatic carbocycles. The zero-order valence-electron chi connectivity index (χ0n) is 11.8. The predicted molar refractivity (Wildman–Crippen MR) is 75.5 cm³/mol. The lowest BCUT2D eigenvalue weighted by atomic mass is 9.99. The fraction of sp³-hybridized carbons (Fsp3) is 0.917. The number of hydrogen-bond donors (Lipinski definition) is 2. The third kappa shape index (κ3) is 6.77. The summed E-state index contributed by atoms with van der Waals surface area (Å²) in [4.78, 5) is 13.7. The number of unbranched alkanes of at least 4 members (excludes halogenated alkanes) is 1. The maximum absolute atomic E-state index is 11.9. The van der Waals surface area contributed by atoms with Crippen LogP contribution in [0.25, 0.3) is 0 Å². The molecule has 0 aromatic heterocycles. The van der Waals surface area contributed by atoms with Gasteiger partial charge in [0.15, 0.2) is 0 Å². The molecule has 1 rings (SSSR count). The minimum absolute atomic E-state index is 0.0301. The minimum Gasteiger partial charge on any atom is -0.338 e. The van der Waals surface area contributed by atoms with Crippen molar-refractivity contribution in [2.45, 2.75) is 32.6 Å². The molecule has 1 aliphatic rings. The Bertz CT molecular complexity index is 384. The molecule has 0 bridgehead atoms. The Hall–Kier alpha value is -0.820. The quantitative estimate of drug-likeness (QED) is 0.709. The van der Waals surface area contributed by atoms with Crippen LogP contribution < -0.4 is 10.0 Å². The number of carbonyl (C=O) groups is 1. The van der Waals surface area contributed by atoms with Gasteiger partial charge in [-0.05, 0) is 25.2 Å². The molecule has 1 saturated heterocycles. The standard InChI is InChI=1S/C12H25N3O3S/c1-3-4-7-13-12(16)15-8-5-6-11(10-15)9-14-19(2,17)18/h11,14H,3-10H2,1-2H3,(H,13,16)/t11-/m0/s1. The Morgan fingerprint density at radius 1 is 1.42 bits per heavy atom. The van der Waals surface area contributed by atoms with Crippen molar-refractivity contribution in [1.29, 1.82) is 0 Å². The van der Waals surface area contributed by atoms with Crippen LogP contribution in [0.2, 0.25) is 0 Å². The van der Waals surface area contributed by atoms with Gasteiger partial charge >= 0.3 is 6.03 Å². The van der Waals surface area contributed by atoms with E-state index in [1.54, 1.807) is 4.90 Å². The molecule has 0 saturated carbocycles. The Kier molecular flexibility index (Phi) is 6.57. The first-order valence-electron chi connectivity index (χ1n) is 6.89. The Morgan fingerprint density at radius 2 is 2.16 bits per heavy atom. The average Bonchev–Trinajstić information content (AvgIpc) is 2.36. The van der Waals surface area contributed by atoms with Crippen LogP contribution in [0.1, 0.15) is 32.6 Å². The maximum Gasteiger partial charge on any atom is 0.317 e. The van der Waals surface area contributed by atoms with Crippen LogP contribution in [-0.2, 0) is 10.0 Å². The van der Waals surface area contributed by atoms with Crippen molar-refractivity contribution in [2.75, 3.05) is 32.4 Å². The number of piperidine rings is 1. The van der Waals surface area contributed by atoms with Gasteiger partial charge in [0, 0.05) is 26.2 Å². The molecule has 7 heteroatoms. The van der Waals surface area contributed by atoms with Gasteiger partial charge < -0.3 is 10.2 Å². The molecule has 1 fully saturated rings. The second-order valence-electron chi connectivity index (χ2n) is 5.16. The fourth-order valence-corrected chi connectivity index (χ4v) is 2.71. The van der Waals surface area contributed by atoms with Crippen molar-refractivity contribution in [1.82, 2.24) is 14.9 Å². The molecule has 2 N–H and O–H groups in total. The van der Waals surface area contributed by atoms with Gasteiger partial charge in [-0.15, -0.1) is 0 Å². The zero-order chi connectivity index (χ0) is 14.3. The van der Waals surface area contributed by atoms with Crippen LogP contribution in [0.4, 0.5) is 4.79 Å². The smallest absolute Gasteiger partial charge is 0.317 e. The lowest BCUT2D eigenvalue weighted by Gasteiger charge is -2.32. The number of urea groups is 1. The first-order valence-corrected chi connectivity index (χ1v) is 8.79. The highest BCUT2D eigenvalue weighted by atomic mass is 32.2. The topological polar surface area (TPSA) is 78.5 Å². The first-order chi connectivity index (χ1) is 8.92. The van der Waals surface area contributed by atoms with E-state index in [-0.39, 0.29) is 11.9 Å². The van der Waals surface area contributed by atoms with Gasteiger partial charge in [0.05, 0.1) is 6.26 Å². The summed E-state index contributed by atoms with van der Waals surface area (Å²) in [6, 6.07) is -0.0301. The highest BCUT2D eigenvalue weighted by molar-refractivity contribution is 7.88. The van der Waals surface area contributed by atoms with Crippen LogP contribution in [0.15, 0.2) is 0 Å². The normalized spacial score (nSPS) is 20.3. The number of hydrogen-bond acceptors (Lipinski definition) is 3. The van der Waals surface area contributed by atoms with E-state index in [9.17, 15) is 13.2 Å². The molecular weight excluding hydrogens is 266 g/mol. The first kappa shape index (κ1) is 16.2. The van der Waals surface area contributed by atoms with E-state index >= 15 is 0 Å². The summed E-state index contributed by atoms with van der Waals surface area (Å²) in [5.74, 6) is 0.209. The molecule has 19 heavy (non-hydrogen) atoms. The number of sulfonamides is 1. The summed E-state index contributed by atoms with van der Waals surface area (Å²) in [6.07, 6.45) is 5.09. The third-order valence-corrected chi connectivity index (χ3v) is 3.94. The van der Waals surface area contributed by atoms with Crippen LogP contribution in [-0.4, -0.2) is 51.8 Å². The van der Waals surface area contributed by atoms with E-state index in [0.29, 0.717) is 19.6 Å². The number of carbonyl (C=O) groups excluding carboxylic acids is 1. The average molecular weight is 291 g/mol. The number of likely N-dealkylation sites (tertiary alicyclic amines) is 1. The predicted octanol–water partition coefficient (Wildman–Crippen LogP) is 0.757. The second-order valence-corrected chi connectivity index (χ2v) is 6.99. The monoisotopic (exact) mass is 291 g/mol. The third-order valence-electron chi connectivity index (χ3n) is 3.25. The lowest BCUT2D eigenvalue weighted by molar-refractivity contribution is 0.166. The highest BCUT2D eigenvalue weighted by Gasteiger charge is 2.23. The fourth-order valence-electron chi connectivity index (χ4n) is 2.17. The molecule has 0 spiro atoms. The zero-order valence-corrected chi connectivity index (χ0v) is 12.6. The molecule has 0 aromatic carbocycles. The van der Waals surface area contributed by atoms with Crippen molar-refractivity contribution in [2.24, 2.45) is 5.92 Å². The van der Waals surface area contributed by atoms with E-state index in [1.165, 1.54) is 0 Å². The largest absolute Gasteiger partial charge is 0.338 e. The Balaban J connectivity index is 2.34. The lowest BCUT2D eigenvalue weighted by Crippen LogP contribution is -2.47. The van der Waals surface area contributed by atoms with Gasteiger partial charge in [-0.2, -0.15) is 0 Å². The van der Waals surface area contributed by atoms with E-state index in [4.69, 9.17) is 0 Å². The second kappa shape index (κ2) is 7.69. The van der Waals surface area contributed by atoms with Gasteiger partial charge in [-0.3, -0.25) is 0 Å². The van der Waals surface area contributed by atoms with Crippen molar-refractivity contribution in [3.8, 4) is 0 Å². The van der Waals surface area contributed by atoms with E-state index in [1.807, 2.05) is 0 Å². The minimum atomic E-state index is -3.15. The van der Waals surface area contributed by atoms with E-state index in [0.717, 1.165) is 38.5 Å². The van der Waals surface area contributed by atoms with Crippen LogP contribution >= 0.6 is 0 Å². The molecule has 112 valence electrons. The maximum atomic E-state index is 11.9. The van der Waals surface area contributed by atoms with Crippen LogP contribution in [0, 0.1) is 5.92 Å². The molecule has 0 aromatic rings. The summed E-state index contributed by atoms with van der Waals surface area (Å²) in [6.45, 7) is 4.59. The molecule has 0 radical (unpaired) electrons. The Labute approximate surface area is 116 Å². The number of amides is 2. The van der Waals surface area contributed by atoms with Crippen LogP contribution in [0.3, 0.4) is 0 Å². The SMILES string of the molecule is CCCCNC(=O)N1CCC[C@@H](CNS(C)(=O)=O)C1. The van der Waals surface area contributed by atoms with Gasteiger partial charge in [0.1, 0.15) is 0 Å². The number of nitrogens with zero attached hydrogens (tertiary/aromatic N) is 1. The highest BCUT2D eigenvalue weighted by Crippen LogP contribution is 2.15. The van der Waals surface area contributed by atoms with E-state index in [2.05, 4.69) is 17.0 Å². The molecule has 0 unspecified atom stereocenters. The summed E-state index contributed by atoms with van der Waals surface area (Å²) < 4.78 is 24.6. The van der Waals surface area contributed by atoms with Gasteiger partial charge in [0.25, 0.3) is 0 Å². The summed E-state index contributed by atoms with van der Waals surface area (Å²) in [5.41, 5.74) is 0. The molecule has 1 heterocycles. The van der Waals surface area contributed by atoms with Crippen molar-refractivity contribution < 1.29 is 13.2 Å². The Morgan fingerprint density at radius 3 is 2.79 bits per heavy atom. The summed E-state index contributed by atoms with van der Waals surface area (Å²) in [7, 11) is -3.15. The summed E-state index contributed by atoms with van der Waals surface area (Å²) in [5, 5.41) is 2.89. The van der Waals surface area contributed by atoms with Crippen molar-refractivity contribution in [3.05, 3.63) is 0 Å². The van der Waals surface area contributed by atoms with Crippen molar-refractivity contribution in [3.63, 3.8) is 0 Å². The van der Waals surface area contributed by atoms with Gasteiger partial charge in [-0.1, -0.05) is 13.3 Å². The molecular formula is C12H25N3O3S. The molecule has 6 nitrogen and oxygen atoms in total. The van der Waals surface area contributed by atoms with Gasteiger partial charge in [-0.25, -0.2) is 17.9 Å². The van der Waals surface area contributed by atoms with Crippen molar-refractivity contribution >= 4 is 16.1 Å². The summed E-state index contributed by atoms with van der Waals surface area (Å²) >= 11 is 0. The molecule has 2 amide bonds. The number of rotatable bonds is 6. The van der Waals surface area contributed by atoms with E-state index < -0.39 is 10.0 Å². The van der Waals surface area contributed by atoms with Crippen LogP contribution in [0.5, 0.6) is 0 Å². The van der Waals surface area contributed by atoms with Gasteiger partial charge in [0.2, 0.25) is 10.0 Å². The molecule has 1 atom stereocenters. The number of nitrogens with one attached hydrogen (secondary N) is 2. The molecule has 1 aliphatic heterocycles.